The van der Waals surface area contributed by atoms with E-state index in [1.165, 1.54) is 27.2 Å². The van der Waals surface area contributed by atoms with Gasteiger partial charge in [0.05, 0.1) is 48.9 Å². The number of carbonyl (C=O) groups excluding carboxylic acids is 3. The fourth-order valence-electron chi connectivity index (χ4n) is 13.5. The second-order valence-electron chi connectivity index (χ2n) is 19.0. The summed E-state index contributed by atoms with van der Waals surface area (Å²) in [6.45, 7) is 12.0. The molecular formula is C43H61NO13. The molecule has 0 radical (unpaired) electrons. The number of ether oxygens (including phenoxy) is 6. The molecule has 8 rings (SSSR count). The summed E-state index contributed by atoms with van der Waals surface area (Å²) >= 11 is 0. The van der Waals surface area contributed by atoms with Gasteiger partial charge in [0.25, 0.3) is 0 Å². The molecule has 1 aromatic carbocycles. The van der Waals surface area contributed by atoms with Gasteiger partial charge in [-0.05, 0) is 87.8 Å². The maximum Gasteiger partial charge on any atom is 0.338 e. The number of esters is 3. The van der Waals surface area contributed by atoms with E-state index < -0.39 is 106 Å². The van der Waals surface area contributed by atoms with Crippen LogP contribution in [0.3, 0.4) is 0 Å². The van der Waals surface area contributed by atoms with Gasteiger partial charge in [0.2, 0.25) is 5.79 Å². The van der Waals surface area contributed by atoms with Crippen LogP contribution in [0.4, 0.5) is 0 Å². The Kier molecular flexibility index (Phi) is 9.85. The second kappa shape index (κ2) is 13.8. The Morgan fingerprint density at radius 1 is 1.00 bits per heavy atom. The number of benzene rings is 1. The van der Waals surface area contributed by atoms with Crippen LogP contribution in [-0.2, 0) is 28.5 Å². The van der Waals surface area contributed by atoms with Crippen molar-refractivity contribution in [1.82, 2.24) is 4.90 Å². The first-order chi connectivity index (χ1) is 26.8. The summed E-state index contributed by atoms with van der Waals surface area (Å²) in [4.78, 5) is 42.8. The van der Waals surface area contributed by atoms with Crippen LogP contribution >= 0.6 is 0 Å². The molecule has 1 aromatic rings. The Balaban J connectivity index is 1.24. The van der Waals surface area contributed by atoms with Gasteiger partial charge in [-0.15, -0.1) is 0 Å². The van der Waals surface area contributed by atoms with Crippen molar-refractivity contribution in [3.05, 3.63) is 23.8 Å². The van der Waals surface area contributed by atoms with E-state index in [9.17, 15) is 34.8 Å². The highest BCUT2D eigenvalue weighted by Gasteiger charge is 2.87. The Labute approximate surface area is 334 Å². The molecule has 0 aromatic heterocycles. The smallest absolute Gasteiger partial charge is 0.338 e. The minimum atomic E-state index is -2.05. The van der Waals surface area contributed by atoms with Crippen LogP contribution in [0, 0.1) is 46.8 Å². The van der Waals surface area contributed by atoms with Gasteiger partial charge < -0.3 is 48.8 Å². The van der Waals surface area contributed by atoms with Crippen molar-refractivity contribution in [1.29, 1.82) is 0 Å². The lowest BCUT2D eigenvalue weighted by molar-refractivity contribution is -0.299. The van der Waals surface area contributed by atoms with Crippen molar-refractivity contribution in [2.45, 2.75) is 140 Å². The fourth-order valence-corrected chi connectivity index (χ4v) is 13.5. The highest BCUT2D eigenvalue weighted by molar-refractivity contribution is 5.90. The largest absolute Gasteiger partial charge is 0.493 e. The Morgan fingerprint density at radius 3 is 2.39 bits per heavy atom. The van der Waals surface area contributed by atoms with E-state index >= 15 is 0 Å². The maximum atomic E-state index is 13.8. The summed E-state index contributed by atoms with van der Waals surface area (Å²) in [6.07, 6.45) is -2.14. The zero-order valence-corrected chi connectivity index (χ0v) is 34.4. The van der Waals surface area contributed by atoms with Crippen molar-refractivity contribution < 1.29 is 63.2 Å². The van der Waals surface area contributed by atoms with E-state index in [0.29, 0.717) is 36.8 Å². The molecule has 57 heavy (non-hydrogen) atoms. The van der Waals surface area contributed by atoms with Crippen molar-refractivity contribution in [3.63, 3.8) is 0 Å². The SMILES string of the molecule is CC[C@@H](C)C(=O)O[C@H]1[C@H](O)[C@H]2[C@@H](CN3C[C@@H](C)CC[C@H]3[C@@]2(C)O)[C@@H]2C[C@]34O[C@@]5(O)[C@@H](OC(=O)c6ccc(OC)c(OC)c6)CC[C@@]3(C)[C@@H]5C[C@@H](OC(C)=O)[C@H]4[C@@]21O. The Bertz CT molecular complexity index is 1790. The first-order valence-electron chi connectivity index (χ1n) is 20.9. The Hall–Kier alpha value is -3.01. The van der Waals surface area contributed by atoms with Crippen molar-refractivity contribution >= 4 is 17.9 Å². The predicted molar refractivity (Wildman–Crippen MR) is 202 cm³/mol. The number of aliphatic hydroxyl groups excluding tert-OH is 1. The maximum absolute atomic E-state index is 13.8. The van der Waals surface area contributed by atoms with Gasteiger partial charge in [0, 0.05) is 43.3 Å². The number of carbonyl (C=O) groups is 3. The molecule has 1 spiro atoms. The molecule has 7 aliphatic rings. The van der Waals surface area contributed by atoms with Gasteiger partial charge in [0.15, 0.2) is 23.7 Å². The molecule has 3 aliphatic heterocycles. The number of hydrogen-bond acceptors (Lipinski definition) is 14. The first kappa shape index (κ1) is 40.8. The normalized spacial score (nSPS) is 47.3. The lowest BCUT2D eigenvalue weighted by Gasteiger charge is -2.64. The van der Waals surface area contributed by atoms with Crippen molar-refractivity contribution in [2.24, 2.45) is 46.8 Å². The summed E-state index contributed by atoms with van der Waals surface area (Å²) in [6, 6.07) is 4.40. The molecule has 3 heterocycles. The molecule has 3 saturated heterocycles. The number of hydrogen-bond donors (Lipinski definition) is 4. The fraction of sp³-hybridized carbons (Fsp3) is 0.791. The van der Waals surface area contributed by atoms with Crippen LogP contribution in [-0.4, -0.2) is 124 Å². The number of piperidine rings is 2. The second-order valence-corrected chi connectivity index (χ2v) is 19.0. The van der Waals surface area contributed by atoms with E-state index in [4.69, 9.17) is 28.4 Å². The quantitative estimate of drug-likeness (QED) is 0.222. The molecule has 4 N–H and O–H groups in total. The van der Waals surface area contributed by atoms with E-state index in [2.05, 4.69) is 11.8 Å². The average Bonchev–Trinajstić information content (AvgIpc) is 3.44. The minimum Gasteiger partial charge on any atom is -0.493 e. The van der Waals surface area contributed by atoms with Crippen molar-refractivity contribution in [2.75, 3.05) is 27.3 Å². The summed E-state index contributed by atoms with van der Waals surface area (Å²) in [5.74, 6) is -7.10. The molecule has 17 atom stereocenters. The third kappa shape index (κ3) is 5.59. The number of methoxy groups -OCH3 is 2. The summed E-state index contributed by atoms with van der Waals surface area (Å²) in [5.41, 5.74) is -5.47. The summed E-state index contributed by atoms with van der Waals surface area (Å²) < 4.78 is 36.4. The Morgan fingerprint density at radius 2 is 1.72 bits per heavy atom. The minimum absolute atomic E-state index is 0.0537. The highest BCUT2D eigenvalue weighted by Crippen LogP contribution is 2.77. The molecule has 7 fully saturated rings. The zero-order valence-electron chi connectivity index (χ0n) is 34.4. The van der Waals surface area contributed by atoms with E-state index in [1.54, 1.807) is 26.0 Å². The zero-order chi connectivity index (χ0) is 41.2. The summed E-state index contributed by atoms with van der Waals surface area (Å²) in [5, 5.41) is 51.9. The molecule has 14 nitrogen and oxygen atoms in total. The molecule has 4 bridgehead atoms. The van der Waals surface area contributed by atoms with Gasteiger partial charge in [-0.2, -0.15) is 0 Å². The lowest BCUT2D eigenvalue weighted by atomic mass is 9.49. The molecule has 0 unspecified atom stereocenters. The van der Waals surface area contributed by atoms with Gasteiger partial charge in [-0.1, -0.05) is 27.7 Å². The topological polar surface area (TPSA) is 191 Å². The van der Waals surface area contributed by atoms with Crippen LogP contribution in [0.25, 0.3) is 0 Å². The van der Waals surface area contributed by atoms with E-state index in [1.807, 2.05) is 13.8 Å². The number of rotatable bonds is 8. The number of nitrogens with zero attached hydrogens (tertiary/aromatic N) is 1. The highest BCUT2D eigenvalue weighted by atomic mass is 16.7. The van der Waals surface area contributed by atoms with Crippen LogP contribution < -0.4 is 9.47 Å². The van der Waals surface area contributed by atoms with E-state index in [0.717, 1.165) is 19.4 Å². The average molecular weight is 800 g/mol. The molecule has 14 heteroatoms. The third-order valence-corrected chi connectivity index (χ3v) is 16.2. The number of aliphatic hydroxyl groups is 4. The first-order valence-corrected chi connectivity index (χ1v) is 20.9. The van der Waals surface area contributed by atoms with Crippen molar-refractivity contribution in [3.8, 4) is 11.5 Å². The van der Waals surface area contributed by atoms with Crippen LogP contribution in [0.15, 0.2) is 18.2 Å². The molecule has 4 saturated carbocycles. The summed E-state index contributed by atoms with van der Waals surface area (Å²) in [7, 11) is 2.95. The molecule has 316 valence electrons. The standard InChI is InChI=1S/C43H61NO13/c1-9-22(3)37(47)56-36-34(46)33-25(20-44-19-21(2)10-13-31(44)40(33,6)49)26-18-41-35(42(26,36)50)29(54-23(4)45)17-30-39(41,5)15-14-32(43(30,51)57-41)55-38(48)24-11-12-27(52-7)28(16-24)53-8/h11-12,16,21-22,25-26,29-36,46,49-51H,9-10,13-15,17-20H2,1-8H3/t21-,22+,25-,26-,29+,30-,31-,32-,33+,34+,35+,36-,39-,40+,41+,42-,43+/m0/s1. The van der Waals surface area contributed by atoms with Gasteiger partial charge in [0.1, 0.15) is 11.7 Å². The van der Waals surface area contributed by atoms with Gasteiger partial charge in [-0.25, -0.2) is 4.79 Å². The third-order valence-electron chi connectivity index (χ3n) is 16.2. The number of fused-ring (bicyclic) bond motifs is 5. The van der Waals surface area contributed by atoms with Gasteiger partial charge >= 0.3 is 17.9 Å². The molecular weight excluding hydrogens is 738 g/mol. The van der Waals surface area contributed by atoms with Crippen LogP contribution in [0.2, 0.25) is 0 Å². The van der Waals surface area contributed by atoms with Gasteiger partial charge in [-0.3, -0.25) is 14.5 Å². The van der Waals surface area contributed by atoms with E-state index in [-0.39, 0.29) is 30.9 Å². The van der Waals surface area contributed by atoms with Crippen LogP contribution in [0.5, 0.6) is 11.5 Å². The molecule has 0 amide bonds. The van der Waals surface area contributed by atoms with Crippen LogP contribution in [0.1, 0.15) is 96.8 Å². The lowest BCUT2D eigenvalue weighted by Crippen LogP contribution is -2.77. The predicted octanol–water partition coefficient (Wildman–Crippen LogP) is 3.24. The molecule has 4 aliphatic carbocycles. The monoisotopic (exact) mass is 799 g/mol.